The molecule has 1 fully saturated rings. The maximum Gasteiger partial charge on any atom is 0.191 e. The van der Waals surface area contributed by atoms with Crippen molar-refractivity contribution in [3.05, 3.63) is 58.3 Å². The Morgan fingerprint density at radius 2 is 1.77 bits per heavy atom. The van der Waals surface area contributed by atoms with E-state index in [2.05, 4.69) is 30.7 Å². The van der Waals surface area contributed by atoms with Crippen molar-refractivity contribution in [2.45, 2.75) is 6.54 Å². The Balaban J connectivity index is 0.00000243. The molecule has 0 radical (unpaired) electrons. The minimum atomic E-state index is -0.223. The zero-order valence-electron chi connectivity index (χ0n) is 14.1. The normalized spacial score (nSPS) is 14.9. The number of benzene rings is 2. The number of hydrogen-bond donors (Lipinski definition) is 2. The molecule has 5 nitrogen and oxygen atoms in total. The fraction of sp³-hybridized carbons (Fsp3) is 0.278. The molecule has 0 aromatic heterocycles. The molecule has 26 heavy (non-hydrogen) atoms. The lowest BCUT2D eigenvalue weighted by Gasteiger charge is -2.36. The highest BCUT2D eigenvalue weighted by Crippen LogP contribution is 2.24. The van der Waals surface area contributed by atoms with Crippen molar-refractivity contribution in [2.75, 3.05) is 31.1 Å². The SMILES string of the molecule is I.NC(=NCc1ccc(O)c(Br)c1)N1CCN(c2ccc(F)cc2)CC1. The number of nitrogens with two attached hydrogens (primary N) is 1. The monoisotopic (exact) mass is 534 g/mol. The van der Waals surface area contributed by atoms with Gasteiger partial charge in [-0.2, -0.15) is 0 Å². The lowest BCUT2D eigenvalue weighted by atomic mass is 10.2. The zero-order valence-corrected chi connectivity index (χ0v) is 18.0. The minimum absolute atomic E-state index is 0. The number of piperazine rings is 1. The molecule has 1 aliphatic rings. The molecule has 3 rings (SSSR count). The second kappa shape index (κ2) is 9.40. The van der Waals surface area contributed by atoms with Crippen molar-refractivity contribution in [3.8, 4) is 5.75 Å². The third kappa shape index (κ3) is 5.23. The molecule has 0 atom stereocenters. The van der Waals surface area contributed by atoms with E-state index in [0.717, 1.165) is 37.4 Å². The molecular weight excluding hydrogens is 514 g/mol. The average molecular weight is 535 g/mol. The fourth-order valence-corrected chi connectivity index (χ4v) is 3.19. The highest BCUT2D eigenvalue weighted by atomic mass is 127. The van der Waals surface area contributed by atoms with Crippen LogP contribution in [-0.2, 0) is 6.54 Å². The van der Waals surface area contributed by atoms with E-state index in [1.54, 1.807) is 18.2 Å². The number of halogens is 3. The number of phenols is 1. The van der Waals surface area contributed by atoms with Crippen LogP contribution in [0.2, 0.25) is 0 Å². The Morgan fingerprint density at radius 1 is 1.12 bits per heavy atom. The maximum absolute atomic E-state index is 13.0. The summed E-state index contributed by atoms with van der Waals surface area (Å²) >= 11 is 3.29. The molecule has 1 heterocycles. The van der Waals surface area contributed by atoms with Gasteiger partial charge in [-0.3, -0.25) is 0 Å². The van der Waals surface area contributed by atoms with Gasteiger partial charge in [0.1, 0.15) is 11.6 Å². The van der Waals surface area contributed by atoms with E-state index < -0.39 is 0 Å². The van der Waals surface area contributed by atoms with Crippen LogP contribution >= 0.6 is 39.9 Å². The number of phenolic OH excluding ortho intramolecular Hbond substituents is 1. The second-order valence-electron chi connectivity index (χ2n) is 5.91. The highest BCUT2D eigenvalue weighted by molar-refractivity contribution is 14.0. The first-order valence-electron chi connectivity index (χ1n) is 8.06. The van der Waals surface area contributed by atoms with E-state index in [9.17, 15) is 9.50 Å². The molecule has 3 N–H and O–H groups in total. The maximum atomic E-state index is 13.0. The van der Waals surface area contributed by atoms with Crippen molar-refractivity contribution in [1.29, 1.82) is 0 Å². The Bertz CT molecular complexity index is 764. The predicted octanol–water partition coefficient (Wildman–Crippen LogP) is 3.55. The number of hydrogen-bond acceptors (Lipinski definition) is 3. The number of aromatic hydroxyl groups is 1. The molecule has 2 aromatic rings. The largest absolute Gasteiger partial charge is 0.507 e. The molecule has 1 aliphatic heterocycles. The number of guanidine groups is 1. The van der Waals surface area contributed by atoms with E-state index in [-0.39, 0.29) is 35.5 Å². The van der Waals surface area contributed by atoms with Crippen LogP contribution in [0.3, 0.4) is 0 Å². The third-order valence-electron chi connectivity index (χ3n) is 4.23. The summed E-state index contributed by atoms with van der Waals surface area (Å²) in [6.45, 7) is 3.63. The van der Waals surface area contributed by atoms with Gasteiger partial charge < -0.3 is 20.6 Å². The summed E-state index contributed by atoms with van der Waals surface area (Å²) in [5.41, 5.74) is 8.10. The van der Waals surface area contributed by atoms with Crippen molar-refractivity contribution in [2.24, 2.45) is 10.7 Å². The van der Waals surface area contributed by atoms with E-state index in [0.29, 0.717) is 17.0 Å². The van der Waals surface area contributed by atoms with Crippen LogP contribution in [0.25, 0.3) is 0 Å². The molecule has 0 spiro atoms. The molecule has 0 aliphatic carbocycles. The molecule has 8 heteroatoms. The first-order valence-corrected chi connectivity index (χ1v) is 8.85. The Morgan fingerprint density at radius 3 is 2.38 bits per heavy atom. The summed E-state index contributed by atoms with van der Waals surface area (Å²) in [5.74, 6) is 0.500. The van der Waals surface area contributed by atoms with Gasteiger partial charge in [0, 0.05) is 31.9 Å². The lowest BCUT2D eigenvalue weighted by molar-refractivity contribution is 0.380. The van der Waals surface area contributed by atoms with E-state index in [4.69, 9.17) is 5.73 Å². The van der Waals surface area contributed by atoms with Crippen molar-refractivity contribution in [3.63, 3.8) is 0 Å². The van der Waals surface area contributed by atoms with Crippen LogP contribution < -0.4 is 10.6 Å². The van der Waals surface area contributed by atoms with Gasteiger partial charge in [0.2, 0.25) is 0 Å². The molecule has 1 saturated heterocycles. The number of anilines is 1. The van der Waals surface area contributed by atoms with Gasteiger partial charge in [0.25, 0.3) is 0 Å². The Labute approximate surface area is 177 Å². The van der Waals surface area contributed by atoms with Crippen LogP contribution in [0.15, 0.2) is 51.9 Å². The van der Waals surface area contributed by atoms with Crippen LogP contribution in [0.4, 0.5) is 10.1 Å². The summed E-state index contributed by atoms with van der Waals surface area (Å²) in [5, 5.41) is 9.52. The van der Waals surface area contributed by atoms with Crippen LogP contribution in [0.1, 0.15) is 5.56 Å². The number of aliphatic imine (C=N–C) groups is 1. The van der Waals surface area contributed by atoms with Crippen LogP contribution in [-0.4, -0.2) is 42.1 Å². The van der Waals surface area contributed by atoms with Crippen LogP contribution in [0, 0.1) is 5.82 Å². The van der Waals surface area contributed by atoms with Gasteiger partial charge in [-0.1, -0.05) is 6.07 Å². The Hall–Kier alpha value is -1.55. The lowest BCUT2D eigenvalue weighted by Crippen LogP contribution is -2.51. The Kier molecular flexibility index (Phi) is 7.51. The summed E-state index contributed by atoms with van der Waals surface area (Å²) in [6, 6.07) is 11.8. The molecule has 140 valence electrons. The summed E-state index contributed by atoms with van der Waals surface area (Å²) in [7, 11) is 0. The van der Waals surface area contributed by atoms with Crippen molar-refractivity contribution in [1.82, 2.24) is 4.90 Å². The molecule has 0 amide bonds. The van der Waals surface area contributed by atoms with Crippen molar-refractivity contribution >= 4 is 51.6 Å². The molecular formula is C18H21BrFIN4O. The van der Waals surface area contributed by atoms with E-state index in [1.807, 2.05) is 12.1 Å². The van der Waals surface area contributed by atoms with E-state index >= 15 is 0 Å². The zero-order chi connectivity index (χ0) is 17.8. The minimum Gasteiger partial charge on any atom is -0.507 e. The second-order valence-corrected chi connectivity index (χ2v) is 6.77. The first kappa shape index (κ1) is 20.8. The van der Waals surface area contributed by atoms with Gasteiger partial charge >= 0.3 is 0 Å². The van der Waals surface area contributed by atoms with Gasteiger partial charge in [-0.15, -0.1) is 24.0 Å². The number of rotatable bonds is 3. The summed E-state index contributed by atoms with van der Waals surface area (Å²) in [4.78, 5) is 8.71. The summed E-state index contributed by atoms with van der Waals surface area (Å²) < 4.78 is 13.7. The fourth-order valence-electron chi connectivity index (χ4n) is 2.77. The van der Waals surface area contributed by atoms with Crippen molar-refractivity contribution < 1.29 is 9.50 Å². The first-order chi connectivity index (χ1) is 12.0. The van der Waals surface area contributed by atoms with Crippen LogP contribution in [0.5, 0.6) is 5.75 Å². The topological polar surface area (TPSA) is 65.1 Å². The predicted molar refractivity (Wildman–Crippen MR) is 117 cm³/mol. The van der Waals surface area contributed by atoms with E-state index in [1.165, 1.54) is 12.1 Å². The molecule has 0 bridgehead atoms. The van der Waals surface area contributed by atoms with Gasteiger partial charge in [0.15, 0.2) is 5.96 Å². The smallest absolute Gasteiger partial charge is 0.191 e. The van der Waals surface area contributed by atoms with Gasteiger partial charge in [-0.25, -0.2) is 9.38 Å². The standard InChI is InChI=1S/C18H20BrFN4O.HI/c19-16-11-13(1-6-17(16)25)12-22-18(21)24-9-7-23(8-10-24)15-4-2-14(20)3-5-15;/h1-6,11,25H,7-10,12H2,(H2,21,22);1H. The molecule has 0 saturated carbocycles. The molecule has 0 unspecified atom stereocenters. The average Bonchev–Trinajstić information content (AvgIpc) is 2.63. The highest BCUT2D eigenvalue weighted by Gasteiger charge is 2.18. The summed E-state index contributed by atoms with van der Waals surface area (Å²) in [6.07, 6.45) is 0. The number of nitrogens with zero attached hydrogens (tertiary/aromatic N) is 3. The quantitative estimate of drug-likeness (QED) is 0.359. The third-order valence-corrected chi connectivity index (χ3v) is 4.87. The van der Waals surface area contributed by atoms with Gasteiger partial charge in [-0.05, 0) is 57.9 Å². The van der Waals surface area contributed by atoms with Gasteiger partial charge in [0.05, 0.1) is 11.0 Å². The molecule has 2 aromatic carbocycles.